The van der Waals surface area contributed by atoms with Gasteiger partial charge in [-0.15, -0.1) is 11.3 Å². The third-order valence-electron chi connectivity index (χ3n) is 3.09. The highest BCUT2D eigenvalue weighted by atomic mass is 32.1. The molecule has 100 valence electrons. The minimum Gasteiger partial charge on any atom is -0.375 e. The summed E-state index contributed by atoms with van der Waals surface area (Å²) in [5.74, 6) is -0.0391. The maximum atomic E-state index is 11.8. The number of carbonyl (C=O) groups excluding carboxylic acids is 1. The number of nitrogen functional groups attached to an aromatic ring is 1. The zero-order valence-corrected chi connectivity index (χ0v) is 11.5. The van der Waals surface area contributed by atoms with Crippen LogP contribution in [0.15, 0.2) is 0 Å². The molecular weight excluding hydrogens is 250 g/mol. The number of hydrogen-bond donors (Lipinski definition) is 2. The van der Waals surface area contributed by atoms with Crippen LogP contribution in [0.25, 0.3) is 0 Å². The van der Waals surface area contributed by atoms with Gasteiger partial charge in [0.05, 0.1) is 5.69 Å². The van der Waals surface area contributed by atoms with Gasteiger partial charge in [0.1, 0.15) is 6.10 Å². The van der Waals surface area contributed by atoms with Gasteiger partial charge in [-0.1, -0.05) is 0 Å². The summed E-state index contributed by atoms with van der Waals surface area (Å²) in [6.45, 7) is 4.21. The molecule has 2 atom stereocenters. The molecule has 1 heterocycles. The molecule has 18 heavy (non-hydrogen) atoms. The molecule has 1 amide bonds. The first-order valence-electron chi connectivity index (χ1n) is 6.26. The van der Waals surface area contributed by atoms with E-state index >= 15 is 0 Å². The molecule has 0 radical (unpaired) electrons. The molecule has 1 aromatic heterocycles. The largest absolute Gasteiger partial charge is 0.375 e. The molecule has 3 N–H and O–H groups in total. The van der Waals surface area contributed by atoms with E-state index < -0.39 is 0 Å². The van der Waals surface area contributed by atoms with Gasteiger partial charge in [0, 0.05) is 23.9 Å². The zero-order chi connectivity index (χ0) is 13.1. The summed E-state index contributed by atoms with van der Waals surface area (Å²) in [7, 11) is 0. The van der Waals surface area contributed by atoms with E-state index in [0.29, 0.717) is 11.7 Å². The number of thiazole rings is 1. The lowest BCUT2D eigenvalue weighted by atomic mass is 9.97. The molecule has 1 aromatic rings. The molecule has 0 spiro atoms. The first kappa shape index (κ1) is 13.3. The number of fused-ring (bicyclic) bond motifs is 1. The third-order valence-corrected chi connectivity index (χ3v) is 4.04. The summed E-state index contributed by atoms with van der Waals surface area (Å²) in [6, 6.07) is 0.174. The quantitative estimate of drug-likeness (QED) is 0.859. The number of anilines is 1. The van der Waals surface area contributed by atoms with E-state index in [1.165, 1.54) is 16.2 Å². The molecular formula is C12H19N3O2S. The van der Waals surface area contributed by atoms with E-state index in [4.69, 9.17) is 10.5 Å². The van der Waals surface area contributed by atoms with Crippen LogP contribution in [-0.4, -0.2) is 29.6 Å². The molecule has 6 heteroatoms. The average Bonchev–Trinajstić information content (AvgIpc) is 2.68. The van der Waals surface area contributed by atoms with Crippen LogP contribution in [0.4, 0.5) is 5.13 Å². The van der Waals surface area contributed by atoms with E-state index in [2.05, 4.69) is 10.3 Å². The summed E-state index contributed by atoms with van der Waals surface area (Å²) in [5, 5.41) is 3.65. The topological polar surface area (TPSA) is 77.2 Å². The Balaban J connectivity index is 1.91. The predicted molar refractivity (Wildman–Crippen MR) is 71.6 cm³/mol. The molecule has 0 aliphatic heterocycles. The highest BCUT2D eigenvalue weighted by Crippen LogP contribution is 2.28. The van der Waals surface area contributed by atoms with Crippen LogP contribution in [0, 0.1) is 0 Å². The molecule has 5 nitrogen and oxygen atoms in total. The van der Waals surface area contributed by atoms with E-state index in [1.807, 2.05) is 6.92 Å². The minimum absolute atomic E-state index is 0.0391. The Labute approximate surface area is 111 Å². The highest BCUT2D eigenvalue weighted by Gasteiger charge is 2.24. The molecule has 0 bridgehead atoms. The lowest BCUT2D eigenvalue weighted by Gasteiger charge is -2.23. The van der Waals surface area contributed by atoms with Gasteiger partial charge in [-0.05, 0) is 26.7 Å². The first-order chi connectivity index (χ1) is 8.60. The number of ether oxygens (including phenoxy) is 1. The van der Waals surface area contributed by atoms with Crippen LogP contribution < -0.4 is 11.1 Å². The van der Waals surface area contributed by atoms with Gasteiger partial charge in [0.15, 0.2) is 5.13 Å². The summed E-state index contributed by atoms with van der Waals surface area (Å²) in [5.41, 5.74) is 6.79. The number of amides is 1. The second kappa shape index (κ2) is 5.67. The summed E-state index contributed by atoms with van der Waals surface area (Å²) < 4.78 is 5.28. The van der Waals surface area contributed by atoms with Gasteiger partial charge in [0.2, 0.25) is 5.91 Å². The van der Waals surface area contributed by atoms with Crippen molar-refractivity contribution in [3.05, 3.63) is 10.6 Å². The van der Waals surface area contributed by atoms with Gasteiger partial charge >= 0.3 is 0 Å². The fourth-order valence-corrected chi connectivity index (χ4v) is 3.12. The van der Waals surface area contributed by atoms with E-state index in [-0.39, 0.29) is 18.1 Å². The van der Waals surface area contributed by atoms with Gasteiger partial charge in [0.25, 0.3) is 0 Å². The Kier molecular flexibility index (Phi) is 4.19. The number of aryl methyl sites for hydroxylation is 1. The van der Waals surface area contributed by atoms with Crippen molar-refractivity contribution >= 4 is 22.4 Å². The standard InChI is InChI=1S/C12H19N3O2S/c1-3-17-7(2)11(16)14-8-4-5-9-10(6-8)18-12(13)15-9/h7-8H,3-6H2,1-2H3,(H2,13,15)(H,14,16)/t7-,8-/m0/s1. The molecule has 0 unspecified atom stereocenters. The van der Waals surface area contributed by atoms with Crippen LogP contribution in [0.2, 0.25) is 0 Å². The Morgan fingerprint density at radius 2 is 2.50 bits per heavy atom. The van der Waals surface area contributed by atoms with Crippen molar-refractivity contribution in [1.82, 2.24) is 10.3 Å². The molecule has 0 saturated carbocycles. The van der Waals surface area contributed by atoms with Crippen molar-refractivity contribution in [2.24, 2.45) is 0 Å². The molecule has 2 rings (SSSR count). The number of hydrogen-bond acceptors (Lipinski definition) is 5. The fourth-order valence-electron chi connectivity index (χ4n) is 2.16. The molecule has 1 aliphatic rings. The van der Waals surface area contributed by atoms with Crippen molar-refractivity contribution in [1.29, 1.82) is 0 Å². The smallest absolute Gasteiger partial charge is 0.249 e. The van der Waals surface area contributed by atoms with Gasteiger partial charge in [-0.2, -0.15) is 0 Å². The van der Waals surface area contributed by atoms with Crippen LogP contribution >= 0.6 is 11.3 Å². The van der Waals surface area contributed by atoms with Gasteiger partial charge in [-0.3, -0.25) is 4.79 Å². The van der Waals surface area contributed by atoms with Crippen molar-refractivity contribution in [3.63, 3.8) is 0 Å². The minimum atomic E-state index is -0.386. The number of nitrogens with zero attached hydrogens (tertiary/aromatic N) is 1. The first-order valence-corrected chi connectivity index (χ1v) is 7.07. The van der Waals surface area contributed by atoms with Crippen molar-refractivity contribution < 1.29 is 9.53 Å². The molecule has 0 aromatic carbocycles. The lowest BCUT2D eigenvalue weighted by Crippen LogP contribution is -2.43. The third kappa shape index (κ3) is 3.00. The van der Waals surface area contributed by atoms with Crippen LogP contribution in [0.5, 0.6) is 0 Å². The fraction of sp³-hybridized carbons (Fsp3) is 0.667. The Bertz CT molecular complexity index is 433. The van der Waals surface area contributed by atoms with Crippen LogP contribution in [-0.2, 0) is 22.4 Å². The summed E-state index contributed by atoms with van der Waals surface area (Å²) >= 11 is 1.52. The Morgan fingerprint density at radius 3 is 3.22 bits per heavy atom. The Morgan fingerprint density at radius 1 is 1.72 bits per heavy atom. The second-order valence-corrected chi connectivity index (χ2v) is 5.58. The maximum absolute atomic E-state index is 11.8. The van der Waals surface area contributed by atoms with Gasteiger partial charge < -0.3 is 15.8 Å². The second-order valence-electron chi connectivity index (χ2n) is 4.47. The van der Waals surface area contributed by atoms with Crippen molar-refractivity contribution in [2.45, 2.75) is 45.3 Å². The number of nitrogens with two attached hydrogens (primary N) is 1. The van der Waals surface area contributed by atoms with Gasteiger partial charge in [-0.25, -0.2) is 4.98 Å². The summed E-state index contributed by atoms with van der Waals surface area (Å²) in [6.07, 6.45) is 2.25. The van der Waals surface area contributed by atoms with E-state index in [9.17, 15) is 4.79 Å². The van der Waals surface area contributed by atoms with Crippen LogP contribution in [0.3, 0.4) is 0 Å². The number of aromatic nitrogens is 1. The number of rotatable bonds is 4. The Hall–Kier alpha value is -1.14. The number of nitrogens with one attached hydrogen (secondary N) is 1. The van der Waals surface area contributed by atoms with Crippen molar-refractivity contribution in [3.8, 4) is 0 Å². The zero-order valence-electron chi connectivity index (χ0n) is 10.7. The monoisotopic (exact) mass is 269 g/mol. The molecule has 0 saturated heterocycles. The van der Waals surface area contributed by atoms with Crippen molar-refractivity contribution in [2.75, 3.05) is 12.3 Å². The molecule has 1 aliphatic carbocycles. The average molecular weight is 269 g/mol. The normalized spacial score (nSPS) is 20.2. The predicted octanol–water partition coefficient (Wildman–Crippen LogP) is 1.12. The van der Waals surface area contributed by atoms with Crippen LogP contribution in [0.1, 0.15) is 30.8 Å². The maximum Gasteiger partial charge on any atom is 0.249 e. The lowest BCUT2D eigenvalue weighted by molar-refractivity contribution is -0.132. The highest BCUT2D eigenvalue weighted by molar-refractivity contribution is 7.15. The summed E-state index contributed by atoms with van der Waals surface area (Å²) in [4.78, 5) is 17.3. The van der Waals surface area contributed by atoms with E-state index in [1.54, 1.807) is 6.92 Å². The molecule has 0 fully saturated rings. The number of carbonyl (C=O) groups is 1. The SMILES string of the molecule is CCO[C@@H](C)C(=O)N[C@H]1CCc2nc(N)sc2C1. The van der Waals surface area contributed by atoms with E-state index in [0.717, 1.165) is 25.0 Å².